The molecule has 0 aromatic carbocycles. The van der Waals surface area contributed by atoms with Crippen LogP contribution in [-0.4, -0.2) is 31.6 Å². The average molecular weight is 393 g/mol. The topological polar surface area (TPSA) is 88.3 Å². The molecular weight excluding hydrogens is 364 g/mol. The van der Waals surface area contributed by atoms with Crippen molar-refractivity contribution >= 4 is 15.8 Å². The number of hydrogen-bond acceptors (Lipinski definition) is 6. The van der Waals surface area contributed by atoms with Crippen LogP contribution in [0.15, 0.2) is 22.7 Å². The first-order valence-corrected chi connectivity index (χ1v) is 10.9. The molecule has 1 N–H and O–H groups in total. The van der Waals surface area contributed by atoms with Crippen molar-refractivity contribution in [3.63, 3.8) is 0 Å². The Morgan fingerprint density at radius 3 is 2.56 bits per heavy atom. The van der Waals surface area contributed by atoms with Gasteiger partial charge in [0.2, 0.25) is 10.0 Å². The summed E-state index contributed by atoms with van der Waals surface area (Å²) in [5.74, 6) is 1.35. The molecule has 7 nitrogen and oxygen atoms in total. The smallest absolute Gasteiger partial charge is 0.217 e. The van der Waals surface area contributed by atoms with Crippen molar-refractivity contribution in [2.24, 2.45) is 0 Å². The van der Waals surface area contributed by atoms with Gasteiger partial charge in [0.1, 0.15) is 23.0 Å². The number of nitrogens with zero attached hydrogens (tertiary/aromatic N) is 3. The van der Waals surface area contributed by atoms with Crippen molar-refractivity contribution in [1.29, 1.82) is 0 Å². The monoisotopic (exact) mass is 392 g/mol. The van der Waals surface area contributed by atoms with Crippen LogP contribution in [0.25, 0.3) is 0 Å². The summed E-state index contributed by atoms with van der Waals surface area (Å²) in [6.45, 7) is 10.1. The number of anilines is 1. The molecule has 0 unspecified atom stereocenters. The summed E-state index contributed by atoms with van der Waals surface area (Å²) in [4.78, 5) is 6.86. The van der Waals surface area contributed by atoms with Crippen molar-refractivity contribution in [3.8, 4) is 0 Å². The first-order valence-electron chi connectivity index (χ1n) is 9.29. The fourth-order valence-corrected chi connectivity index (χ4v) is 4.08. The van der Waals surface area contributed by atoms with Crippen LogP contribution in [0.2, 0.25) is 0 Å². The normalized spacial score (nSPS) is 15.5. The highest BCUT2D eigenvalue weighted by atomic mass is 32.2. The number of pyridine rings is 1. The minimum absolute atomic E-state index is 0.203. The van der Waals surface area contributed by atoms with E-state index in [1.807, 2.05) is 39.8 Å². The van der Waals surface area contributed by atoms with E-state index in [4.69, 9.17) is 4.52 Å². The van der Waals surface area contributed by atoms with Gasteiger partial charge < -0.3 is 9.42 Å². The van der Waals surface area contributed by atoms with E-state index in [1.165, 1.54) is 0 Å². The minimum atomic E-state index is -3.53. The molecular formula is C19H28N4O3S. The third kappa shape index (κ3) is 5.07. The summed E-state index contributed by atoms with van der Waals surface area (Å²) in [7, 11) is -3.53. The van der Waals surface area contributed by atoms with E-state index < -0.39 is 10.0 Å². The Balaban J connectivity index is 1.69. The average Bonchev–Trinajstić information content (AvgIpc) is 3.24. The molecule has 148 valence electrons. The van der Waals surface area contributed by atoms with Crippen molar-refractivity contribution in [2.45, 2.75) is 58.2 Å². The molecule has 1 fully saturated rings. The van der Waals surface area contributed by atoms with Gasteiger partial charge in [-0.25, -0.2) is 18.1 Å². The fourth-order valence-electron chi connectivity index (χ4n) is 3.08. The van der Waals surface area contributed by atoms with Crippen molar-refractivity contribution < 1.29 is 12.9 Å². The number of hydrogen-bond donors (Lipinski definition) is 1. The van der Waals surface area contributed by atoms with Crippen LogP contribution in [0, 0.1) is 6.92 Å². The Morgan fingerprint density at radius 2 is 1.93 bits per heavy atom. The van der Waals surface area contributed by atoms with Gasteiger partial charge in [-0.3, -0.25) is 0 Å². The molecule has 3 heterocycles. The Morgan fingerprint density at radius 1 is 1.22 bits per heavy atom. The quantitative estimate of drug-likeness (QED) is 0.813. The zero-order chi connectivity index (χ0) is 19.7. The van der Waals surface area contributed by atoms with Gasteiger partial charge in [0.15, 0.2) is 0 Å². The molecule has 0 amide bonds. The zero-order valence-corrected chi connectivity index (χ0v) is 17.3. The van der Waals surface area contributed by atoms with Gasteiger partial charge in [-0.1, -0.05) is 32.0 Å². The third-order valence-corrected chi connectivity index (χ3v) is 5.88. The van der Waals surface area contributed by atoms with Crippen LogP contribution < -0.4 is 9.62 Å². The first kappa shape index (κ1) is 19.8. The summed E-state index contributed by atoms with van der Waals surface area (Å²) in [6, 6.07) is 5.57. The number of aromatic nitrogens is 2. The molecule has 0 spiro atoms. The van der Waals surface area contributed by atoms with E-state index in [0.717, 1.165) is 43.0 Å². The van der Waals surface area contributed by atoms with Crippen LogP contribution in [0.4, 0.5) is 5.82 Å². The Labute approximate surface area is 161 Å². The largest absolute Gasteiger partial charge is 0.361 e. The van der Waals surface area contributed by atoms with Crippen molar-refractivity contribution in [3.05, 3.63) is 40.9 Å². The second-order valence-corrected chi connectivity index (χ2v) is 9.95. The van der Waals surface area contributed by atoms with Gasteiger partial charge >= 0.3 is 0 Å². The summed E-state index contributed by atoms with van der Waals surface area (Å²) in [5, 5.41) is 3.90. The predicted molar refractivity (Wildman–Crippen MR) is 105 cm³/mol. The summed E-state index contributed by atoms with van der Waals surface area (Å²) >= 11 is 0. The fraction of sp³-hybridized carbons (Fsp3) is 0.579. The van der Waals surface area contributed by atoms with Gasteiger partial charge in [0, 0.05) is 42.4 Å². The zero-order valence-electron chi connectivity index (χ0n) is 16.4. The Hall–Kier alpha value is -1.93. The van der Waals surface area contributed by atoms with E-state index in [2.05, 4.69) is 19.8 Å². The van der Waals surface area contributed by atoms with E-state index in [-0.39, 0.29) is 17.7 Å². The highest BCUT2D eigenvalue weighted by Crippen LogP contribution is 2.24. The second kappa shape index (κ2) is 7.59. The highest BCUT2D eigenvalue weighted by molar-refractivity contribution is 7.88. The maximum atomic E-state index is 12.5. The molecule has 0 bridgehead atoms. The minimum Gasteiger partial charge on any atom is -0.361 e. The number of sulfonamides is 1. The molecule has 0 atom stereocenters. The Bertz CT molecular complexity index is 894. The maximum absolute atomic E-state index is 12.5. The molecule has 2 aromatic rings. The highest BCUT2D eigenvalue weighted by Gasteiger charge is 2.23. The third-order valence-electron chi connectivity index (χ3n) is 4.62. The van der Waals surface area contributed by atoms with Crippen LogP contribution in [0.3, 0.4) is 0 Å². The SMILES string of the molecule is Cc1ccc(CNS(=O)(=O)Cc2cc(C(C)(C)C)on2)c(N2CCCC2)n1. The summed E-state index contributed by atoms with van der Waals surface area (Å²) in [6.07, 6.45) is 2.28. The number of rotatable bonds is 6. The standard InChI is InChI=1S/C19H28N4O3S/c1-14-7-8-15(18(21-14)23-9-5-6-10-23)12-20-27(24,25)13-16-11-17(26-22-16)19(2,3)4/h7-8,11,20H,5-6,9-10,12-13H2,1-4H3. The lowest BCUT2D eigenvalue weighted by Crippen LogP contribution is -2.27. The molecule has 1 aliphatic heterocycles. The molecule has 1 saturated heterocycles. The lowest BCUT2D eigenvalue weighted by molar-refractivity contribution is 0.326. The second-order valence-electron chi connectivity index (χ2n) is 8.14. The van der Waals surface area contributed by atoms with Gasteiger partial charge in [0.05, 0.1) is 0 Å². The van der Waals surface area contributed by atoms with Crippen molar-refractivity contribution in [2.75, 3.05) is 18.0 Å². The van der Waals surface area contributed by atoms with Crippen LogP contribution >= 0.6 is 0 Å². The predicted octanol–water partition coefficient (Wildman–Crippen LogP) is 2.90. The van der Waals surface area contributed by atoms with Crippen LogP contribution in [-0.2, 0) is 27.7 Å². The molecule has 0 radical (unpaired) electrons. The lowest BCUT2D eigenvalue weighted by atomic mass is 9.93. The van der Waals surface area contributed by atoms with Gasteiger partial charge in [-0.05, 0) is 25.8 Å². The van der Waals surface area contributed by atoms with Crippen LogP contribution in [0.1, 0.15) is 56.3 Å². The number of aryl methyl sites for hydroxylation is 1. The molecule has 8 heteroatoms. The molecule has 2 aromatic heterocycles. The first-order chi connectivity index (χ1) is 12.6. The van der Waals surface area contributed by atoms with Crippen molar-refractivity contribution in [1.82, 2.24) is 14.9 Å². The van der Waals surface area contributed by atoms with E-state index in [9.17, 15) is 8.42 Å². The maximum Gasteiger partial charge on any atom is 0.217 e. The van der Waals surface area contributed by atoms with Crippen LogP contribution in [0.5, 0.6) is 0 Å². The molecule has 1 aliphatic rings. The van der Waals surface area contributed by atoms with Gasteiger partial charge in [-0.2, -0.15) is 0 Å². The summed E-state index contributed by atoms with van der Waals surface area (Å²) in [5.41, 5.74) is 2.03. The summed E-state index contributed by atoms with van der Waals surface area (Å²) < 4.78 is 33.0. The lowest BCUT2D eigenvalue weighted by Gasteiger charge is -2.20. The molecule has 0 saturated carbocycles. The molecule has 27 heavy (non-hydrogen) atoms. The Kier molecular flexibility index (Phi) is 5.58. The van der Waals surface area contributed by atoms with Gasteiger partial charge in [0.25, 0.3) is 0 Å². The van der Waals surface area contributed by atoms with E-state index >= 15 is 0 Å². The molecule has 3 rings (SSSR count). The van der Waals surface area contributed by atoms with E-state index in [1.54, 1.807) is 6.07 Å². The molecule has 0 aliphatic carbocycles. The number of nitrogens with one attached hydrogen (secondary N) is 1. The van der Waals surface area contributed by atoms with E-state index in [0.29, 0.717) is 11.5 Å². The van der Waals surface area contributed by atoms with Gasteiger partial charge in [-0.15, -0.1) is 0 Å².